The summed E-state index contributed by atoms with van der Waals surface area (Å²) >= 11 is 0. The standard InChI is InChI=1S/C14H21NO/c1-14(16,12-6-3-2-4-7-12)10-9-13-8-5-11-15-13/h2-4,6-7,13,15-16H,5,8-11H2,1H3/t13-,14-/m0/s1. The lowest BCUT2D eigenvalue weighted by molar-refractivity contribution is 0.0430. The van der Waals surface area contributed by atoms with Gasteiger partial charge in [0, 0.05) is 6.04 Å². The van der Waals surface area contributed by atoms with E-state index in [4.69, 9.17) is 0 Å². The molecule has 2 nitrogen and oxygen atoms in total. The lowest BCUT2D eigenvalue weighted by atomic mass is 9.89. The molecule has 1 saturated heterocycles. The number of hydrogen-bond donors (Lipinski definition) is 2. The van der Waals surface area contributed by atoms with Gasteiger partial charge in [-0.1, -0.05) is 30.3 Å². The van der Waals surface area contributed by atoms with Crippen molar-refractivity contribution in [2.24, 2.45) is 0 Å². The van der Waals surface area contributed by atoms with E-state index in [0.29, 0.717) is 6.04 Å². The molecular weight excluding hydrogens is 198 g/mol. The summed E-state index contributed by atoms with van der Waals surface area (Å²) in [7, 11) is 0. The zero-order valence-corrected chi connectivity index (χ0v) is 9.95. The van der Waals surface area contributed by atoms with Crippen LogP contribution < -0.4 is 5.32 Å². The summed E-state index contributed by atoms with van der Waals surface area (Å²) in [6, 6.07) is 10.6. The molecule has 16 heavy (non-hydrogen) atoms. The Morgan fingerprint density at radius 1 is 1.38 bits per heavy atom. The smallest absolute Gasteiger partial charge is 0.0869 e. The predicted octanol–water partition coefficient (Wildman–Crippen LogP) is 2.43. The van der Waals surface area contributed by atoms with Crippen LogP contribution in [0.15, 0.2) is 30.3 Å². The van der Waals surface area contributed by atoms with E-state index < -0.39 is 5.60 Å². The summed E-state index contributed by atoms with van der Waals surface area (Å²) in [5, 5.41) is 13.9. The van der Waals surface area contributed by atoms with Crippen LogP contribution >= 0.6 is 0 Å². The molecule has 1 aliphatic heterocycles. The molecule has 0 aliphatic carbocycles. The van der Waals surface area contributed by atoms with Gasteiger partial charge in [0.15, 0.2) is 0 Å². The average Bonchev–Trinajstić information content (AvgIpc) is 2.81. The zero-order chi connectivity index (χ0) is 11.4. The van der Waals surface area contributed by atoms with Crippen LogP contribution in [0.4, 0.5) is 0 Å². The summed E-state index contributed by atoms with van der Waals surface area (Å²) < 4.78 is 0. The number of rotatable bonds is 4. The van der Waals surface area contributed by atoms with Gasteiger partial charge in [-0.15, -0.1) is 0 Å². The Labute approximate surface area is 97.7 Å². The largest absolute Gasteiger partial charge is 0.385 e. The third-order valence-electron chi connectivity index (χ3n) is 3.54. The van der Waals surface area contributed by atoms with Crippen LogP contribution in [0.1, 0.15) is 38.2 Å². The Morgan fingerprint density at radius 2 is 2.12 bits per heavy atom. The highest BCUT2D eigenvalue weighted by Gasteiger charge is 2.25. The molecule has 1 aromatic carbocycles. The molecule has 88 valence electrons. The zero-order valence-electron chi connectivity index (χ0n) is 9.95. The Bertz CT molecular complexity index is 315. The summed E-state index contributed by atoms with van der Waals surface area (Å²) in [6.07, 6.45) is 4.42. The molecule has 1 aliphatic rings. The van der Waals surface area contributed by atoms with E-state index in [1.54, 1.807) is 0 Å². The molecule has 0 aromatic heterocycles. The Kier molecular flexibility index (Phi) is 3.62. The van der Waals surface area contributed by atoms with E-state index in [-0.39, 0.29) is 0 Å². The second kappa shape index (κ2) is 4.98. The van der Waals surface area contributed by atoms with E-state index in [1.165, 1.54) is 12.8 Å². The van der Waals surface area contributed by atoms with Crippen molar-refractivity contribution in [1.29, 1.82) is 0 Å². The second-order valence-electron chi connectivity index (χ2n) is 4.97. The van der Waals surface area contributed by atoms with Gasteiger partial charge in [-0.2, -0.15) is 0 Å². The van der Waals surface area contributed by atoms with Gasteiger partial charge < -0.3 is 10.4 Å². The molecule has 0 saturated carbocycles. The van der Waals surface area contributed by atoms with E-state index in [0.717, 1.165) is 24.9 Å². The quantitative estimate of drug-likeness (QED) is 0.815. The minimum Gasteiger partial charge on any atom is -0.385 e. The van der Waals surface area contributed by atoms with Gasteiger partial charge in [0.1, 0.15) is 0 Å². The fourth-order valence-corrected chi connectivity index (χ4v) is 2.40. The van der Waals surface area contributed by atoms with Crippen molar-refractivity contribution in [1.82, 2.24) is 5.32 Å². The molecule has 0 spiro atoms. The van der Waals surface area contributed by atoms with Crippen LogP contribution in [0, 0.1) is 0 Å². The van der Waals surface area contributed by atoms with E-state index in [1.807, 2.05) is 37.3 Å². The molecular formula is C14H21NO. The van der Waals surface area contributed by atoms with Crippen LogP contribution in [0.2, 0.25) is 0 Å². The van der Waals surface area contributed by atoms with Crippen LogP contribution in [-0.4, -0.2) is 17.7 Å². The maximum atomic E-state index is 10.4. The van der Waals surface area contributed by atoms with Gasteiger partial charge in [0.05, 0.1) is 5.60 Å². The van der Waals surface area contributed by atoms with Crippen molar-refractivity contribution in [3.63, 3.8) is 0 Å². The summed E-state index contributed by atoms with van der Waals surface area (Å²) in [5.74, 6) is 0. The fourth-order valence-electron chi connectivity index (χ4n) is 2.40. The minimum atomic E-state index is -0.689. The number of hydrogen-bond acceptors (Lipinski definition) is 2. The highest BCUT2D eigenvalue weighted by Crippen LogP contribution is 2.27. The molecule has 1 fully saturated rings. The molecule has 0 unspecified atom stereocenters. The first kappa shape index (κ1) is 11.6. The Hall–Kier alpha value is -0.860. The van der Waals surface area contributed by atoms with Crippen LogP contribution in [0.25, 0.3) is 0 Å². The van der Waals surface area contributed by atoms with Crippen LogP contribution in [-0.2, 0) is 5.60 Å². The first-order valence-electron chi connectivity index (χ1n) is 6.20. The van der Waals surface area contributed by atoms with Crippen molar-refractivity contribution >= 4 is 0 Å². The highest BCUT2D eigenvalue weighted by molar-refractivity contribution is 5.21. The SMILES string of the molecule is C[C@](O)(CC[C@@H]1CCCN1)c1ccccc1. The van der Waals surface area contributed by atoms with Crippen molar-refractivity contribution in [3.05, 3.63) is 35.9 Å². The predicted molar refractivity (Wildman–Crippen MR) is 66.3 cm³/mol. The molecule has 1 aromatic rings. The summed E-state index contributed by atoms with van der Waals surface area (Å²) in [5.41, 5.74) is 0.332. The minimum absolute atomic E-state index is 0.607. The van der Waals surface area contributed by atoms with Crippen molar-refractivity contribution in [2.45, 2.75) is 44.2 Å². The van der Waals surface area contributed by atoms with Gasteiger partial charge in [0.2, 0.25) is 0 Å². The average molecular weight is 219 g/mol. The lowest BCUT2D eigenvalue weighted by Gasteiger charge is -2.25. The van der Waals surface area contributed by atoms with E-state index in [2.05, 4.69) is 5.32 Å². The highest BCUT2D eigenvalue weighted by atomic mass is 16.3. The first-order chi connectivity index (χ1) is 7.68. The molecule has 2 heteroatoms. The number of benzene rings is 1. The third-order valence-corrected chi connectivity index (χ3v) is 3.54. The molecule has 2 atom stereocenters. The topological polar surface area (TPSA) is 32.3 Å². The number of nitrogens with one attached hydrogen (secondary N) is 1. The Morgan fingerprint density at radius 3 is 2.75 bits per heavy atom. The van der Waals surface area contributed by atoms with E-state index in [9.17, 15) is 5.11 Å². The van der Waals surface area contributed by atoms with Gasteiger partial charge in [-0.05, 0) is 44.7 Å². The normalized spacial score (nSPS) is 24.2. The molecule has 2 N–H and O–H groups in total. The maximum absolute atomic E-state index is 10.4. The van der Waals surface area contributed by atoms with Gasteiger partial charge in [-0.3, -0.25) is 0 Å². The van der Waals surface area contributed by atoms with Gasteiger partial charge >= 0.3 is 0 Å². The molecule has 0 amide bonds. The second-order valence-corrected chi connectivity index (χ2v) is 4.97. The van der Waals surface area contributed by atoms with E-state index >= 15 is 0 Å². The first-order valence-corrected chi connectivity index (χ1v) is 6.20. The molecule has 1 heterocycles. The summed E-state index contributed by atoms with van der Waals surface area (Å²) in [6.45, 7) is 3.05. The van der Waals surface area contributed by atoms with Crippen molar-refractivity contribution < 1.29 is 5.11 Å². The lowest BCUT2D eigenvalue weighted by Crippen LogP contribution is -2.27. The molecule has 2 rings (SSSR count). The third kappa shape index (κ3) is 2.83. The van der Waals surface area contributed by atoms with Crippen molar-refractivity contribution in [3.8, 4) is 0 Å². The van der Waals surface area contributed by atoms with Crippen LogP contribution in [0.5, 0.6) is 0 Å². The maximum Gasteiger partial charge on any atom is 0.0869 e. The molecule has 0 bridgehead atoms. The summed E-state index contributed by atoms with van der Waals surface area (Å²) in [4.78, 5) is 0. The monoisotopic (exact) mass is 219 g/mol. The Balaban J connectivity index is 1.92. The molecule has 0 radical (unpaired) electrons. The van der Waals surface area contributed by atoms with Crippen molar-refractivity contribution in [2.75, 3.05) is 6.54 Å². The fraction of sp³-hybridized carbons (Fsp3) is 0.571. The number of aliphatic hydroxyl groups is 1. The van der Waals surface area contributed by atoms with Crippen LogP contribution in [0.3, 0.4) is 0 Å². The van der Waals surface area contributed by atoms with Gasteiger partial charge in [-0.25, -0.2) is 0 Å². The van der Waals surface area contributed by atoms with Gasteiger partial charge in [0.25, 0.3) is 0 Å².